The maximum Gasteiger partial charge on any atom is 0.335 e. The molecule has 3 saturated heterocycles. The first-order valence-corrected chi connectivity index (χ1v) is 10.6. The summed E-state index contributed by atoms with van der Waals surface area (Å²) >= 11 is 0. The third-order valence-corrected chi connectivity index (χ3v) is 6.06. The Morgan fingerprint density at radius 2 is 1.17 bits per heavy atom. The first-order chi connectivity index (χ1) is 16.4. The maximum absolute atomic E-state index is 11.3. The molecule has 11 N–H and O–H groups in total. The minimum atomic E-state index is -2.06. The maximum atomic E-state index is 11.3. The third-order valence-electron chi connectivity index (χ3n) is 6.06. The number of carboxylic acid groups (broad SMARTS) is 1. The fraction of sp³-hybridized carbons (Fsp3) is 0.944. The molecule has 0 aromatic heterocycles. The van der Waals surface area contributed by atoms with Crippen LogP contribution >= 0.6 is 0 Å². The summed E-state index contributed by atoms with van der Waals surface area (Å²) in [5.74, 6) is -1.72. The molecule has 3 aliphatic rings. The van der Waals surface area contributed by atoms with Gasteiger partial charge in [0.15, 0.2) is 25.0 Å². The van der Waals surface area contributed by atoms with Gasteiger partial charge in [-0.15, -0.1) is 0 Å². The van der Waals surface area contributed by atoms with Crippen LogP contribution in [0.4, 0.5) is 0 Å². The van der Waals surface area contributed by atoms with Crippen molar-refractivity contribution in [1.29, 1.82) is 0 Å². The van der Waals surface area contributed by atoms with E-state index in [2.05, 4.69) is 0 Å². The van der Waals surface area contributed by atoms with Gasteiger partial charge in [-0.05, 0) is 0 Å². The predicted octanol–water partition coefficient (Wildman–Crippen LogP) is -7.48. The Morgan fingerprint density at radius 3 is 1.74 bits per heavy atom. The number of aliphatic carboxylic acids is 1. The normalized spacial score (nSPS) is 51.2. The van der Waals surface area contributed by atoms with Crippen molar-refractivity contribution in [2.45, 2.75) is 92.1 Å². The summed E-state index contributed by atoms with van der Waals surface area (Å²) < 4.78 is 26.0. The molecule has 3 fully saturated rings. The zero-order chi connectivity index (χ0) is 26.2. The number of rotatable bonds is 7. The van der Waals surface area contributed by atoms with E-state index in [9.17, 15) is 61.0 Å². The van der Waals surface area contributed by atoms with Crippen molar-refractivity contribution in [2.75, 3.05) is 13.2 Å². The summed E-state index contributed by atoms with van der Waals surface area (Å²) in [4.78, 5) is 11.3. The summed E-state index contributed by atoms with van der Waals surface area (Å²) in [6.45, 7) is -1.64. The second-order valence-corrected chi connectivity index (χ2v) is 8.37. The number of aliphatic hydroxyl groups excluding tert-OH is 10. The van der Waals surface area contributed by atoms with E-state index in [-0.39, 0.29) is 0 Å². The zero-order valence-electron chi connectivity index (χ0n) is 17.9. The fourth-order valence-corrected chi connectivity index (χ4v) is 4.01. The molecule has 0 aromatic carbocycles. The Bertz CT molecular complexity index is 711. The van der Waals surface area contributed by atoms with Crippen molar-refractivity contribution in [2.24, 2.45) is 0 Å². The molecule has 0 unspecified atom stereocenters. The molecule has 0 aliphatic carbocycles. The van der Waals surface area contributed by atoms with E-state index < -0.39 is 111 Å². The molecule has 15 atom stereocenters. The molecule has 0 bridgehead atoms. The van der Waals surface area contributed by atoms with Crippen molar-refractivity contribution in [3.63, 3.8) is 0 Å². The van der Waals surface area contributed by atoms with Gasteiger partial charge in [0, 0.05) is 0 Å². The molecule has 0 radical (unpaired) electrons. The minimum absolute atomic E-state index is 0.796. The van der Waals surface area contributed by atoms with Crippen LogP contribution in [0.15, 0.2) is 0 Å². The quantitative estimate of drug-likeness (QED) is 0.149. The highest BCUT2D eigenvalue weighted by atomic mass is 16.8. The Labute approximate surface area is 196 Å². The van der Waals surface area contributed by atoms with E-state index >= 15 is 0 Å². The number of ether oxygens (including phenoxy) is 5. The Hall–Kier alpha value is -1.13. The average Bonchev–Trinajstić information content (AvgIpc) is 2.82. The smallest absolute Gasteiger partial charge is 0.335 e. The van der Waals surface area contributed by atoms with Gasteiger partial charge >= 0.3 is 5.97 Å². The number of aliphatic hydroxyl groups is 10. The lowest BCUT2D eigenvalue weighted by Crippen LogP contribution is -2.67. The first kappa shape index (κ1) is 28.4. The summed E-state index contributed by atoms with van der Waals surface area (Å²) in [7, 11) is 0. The minimum Gasteiger partial charge on any atom is -0.479 e. The van der Waals surface area contributed by atoms with E-state index in [0.717, 1.165) is 0 Å². The van der Waals surface area contributed by atoms with Gasteiger partial charge in [0.25, 0.3) is 0 Å². The molecule has 0 spiro atoms. The number of carboxylic acids is 1. The van der Waals surface area contributed by atoms with E-state index in [1.165, 1.54) is 0 Å². The summed E-state index contributed by atoms with van der Waals surface area (Å²) in [5, 5.41) is 109. The van der Waals surface area contributed by atoms with E-state index in [1.807, 2.05) is 0 Å². The van der Waals surface area contributed by atoms with Gasteiger partial charge in [-0.25, -0.2) is 4.79 Å². The lowest BCUT2D eigenvalue weighted by atomic mass is 9.96. The highest BCUT2D eigenvalue weighted by Crippen LogP contribution is 2.32. The van der Waals surface area contributed by atoms with Gasteiger partial charge in [0.05, 0.1) is 13.2 Å². The molecule has 35 heavy (non-hydrogen) atoms. The topological polar surface area (TPSA) is 286 Å². The molecule has 0 amide bonds. The zero-order valence-corrected chi connectivity index (χ0v) is 17.9. The lowest BCUT2D eigenvalue weighted by Gasteiger charge is -2.48. The number of hydrogen-bond donors (Lipinski definition) is 11. The summed E-state index contributed by atoms with van der Waals surface area (Å²) in [6.07, 6.45) is -28.1. The monoisotopic (exact) mass is 518 g/mol. The molecule has 0 saturated carbocycles. The molecule has 17 heteroatoms. The van der Waals surface area contributed by atoms with Crippen LogP contribution in [0.3, 0.4) is 0 Å². The number of carbonyl (C=O) groups is 1. The van der Waals surface area contributed by atoms with Crippen LogP contribution in [0, 0.1) is 0 Å². The molecule has 0 aromatic rings. The molecule has 3 rings (SSSR count). The van der Waals surface area contributed by atoms with E-state index in [4.69, 9.17) is 23.7 Å². The largest absolute Gasteiger partial charge is 0.479 e. The molecular formula is C18H30O17. The van der Waals surface area contributed by atoms with E-state index in [0.29, 0.717) is 0 Å². The Morgan fingerprint density at radius 1 is 0.600 bits per heavy atom. The fourth-order valence-electron chi connectivity index (χ4n) is 4.01. The van der Waals surface area contributed by atoms with Crippen LogP contribution in [0.2, 0.25) is 0 Å². The summed E-state index contributed by atoms with van der Waals surface area (Å²) in [5.41, 5.74) is 0. The summed E-state index contributed by atoms with van der Waals surface area (Å²) in [6, 6.07) is 0. The van der Waals surface area contributed by atoms with Gasteiger partial charge < -0.3 is 79.9 Å². The SMILES string of the molecule is O=C(O)[C@H]1O[C@@H](O[C@@H]2[C@@H](O[C@@H]3[C@@H](O)[C@@H](O)O[C@H](CO)[C@@H]3O)O[C@H](CO)[C@@H](O)[C@@H]2O)[C@H](O)[C@@H](O)[C@@H]1O. The third kappa shape index (κ3) is 5.59. The standard InChI is InChI=1S/C18H30O17/c19-1-3-5(21)8(24)14(35-17-10(26)7(23)9(25)13(34-17)15(28)29)18(32-3)33-12-6(22)4(2-20)31-16(30)11(12)27/h3-14,16-27,30H,1-2H2,(H,28,29)/t3-,4-,5-,6+,7+,8+,9+,10-,11-,12+,13+,14+,16+,17+,18-/m1/s1. The molecular weight excluding hydrogens is 488 g/mol. The van der Waals surface area contributed by atoms with Crippen molar-refractivity contribution >= 4 is 5.97 Å². The van der Waals surface area contributed by atoms with Crippen LogP contribution in [-0.4, -0.2) is 167 Å². The van der Waals surface area contributed by atoms with E-state index in [1.54, 1.807) is 0 Å². The molecule has 17 nitrogen and oxygen atoms in total. The lowest BCUT2D eigenvalue weighted by molar-refractivity contribution is -0.385. The average molecular weight is 518 g/mol. The van der Waals surface area contributed by atoms with Crippen molar-refractivity contribution in [3.05, 3.63) is 0 Å². The van der Waals surface area contributed by atoms with Gasteiger partial charge in [0.2, 0.25) is 0 Å². The highest BCUT2D eigenvalue weighted by molar-refractivity contribution is 5.73. The highest BCUT2D eigenvalue weighted by Gasteiger charge is 2.54. The van der Waals surface area contributed by atoms with Gasteiger partial charge in [-0.3, -0.25) is 0 Å². The van der Waals surface area contributed by atoms with Gasteiger partial charge in [-0.2, -0.15) is 0 Å². The second-order valence-electron chi connectivity index (χ2n) is 8.37. The molecule has 3 heterocycles. The Balaban J connectivity index is 1.86. The van der Waals surface area contributed by atoms with Gasteiger partial charge in [-0.1, -0.05) is 0 Å². The second kappa shape index (κ2) is 11.5. The van der Waals surface area contributed by atoms with Crippen molar-refractivity contribution in [3.8, 4) is 0 Å². The predicted molar refractivity (Wildman–Crippen MR) is 102 cm³/mol. The van der Waals surface area contributed by atoms with Crippen LogP contribution in [0.5, 0.6) is 0 Å². The van der Waals surface area contributed by atoms with Crippen LogP contribution in [0.1, 0.15) is 0 Å². The van der Waals surface area contributed by atoms with Crippen LogP contribution < -0.4 is 0 Å². The molecule has 204 valence electrons. The first-order valence-electron chi connectivity index (χ1n) is 10.6. The van der Waals surface area contributed by atoms with Crippen molar-refractivity contribution < 1.29 is 84.7 Å². The van der Waals surface area contributed by atoms with Crippen molar-refractivity contribution in [1.82, 2.24) is 0 Å². The number of hydrogen-bond acceptors (Lipinski definition) is 16. The Kier molecular flexibility index (Phi) is 9.35. The van der Waals surface area contributed by atoms with Crippen LogP contribution in [-0.2, 0) is 28.5 Å². The van der Waals surface area contributed by atoms with Crippen LogP contribution in [0.25, 0.3) is 0 Å². The van der Waals surface area contributed by atoms with Gasteiger partial charge in [0.1, 0.15) is 67.1 Å². The molecule has 3 aliphatic heterocycles.